The Bertz CT molecular complexity index is 1070. The minimum Gasteiger partial charge on any atom is -0.495 e. The summed E-state index contributed by atoms with van der Waals surface area (Å²) in [6.07, 6.45) is 2.15. The van der Waals surface area contributed by atoms with Crippen LogP contribution in [0.15, 0.2) is 54.6 Å². The molecule has 1 atom stereocenters. The number of nitrogens with zero attached hydrogens (tertiary/aromatic N) is 2. The van der Waals surface area contributed by atoms with Gasteiger partial charge in [-0.2, -0.15) is 0 Å². The highest BCUT2D eigenvalue weighted by Crippen LogP contribution is 2.29. The molecule has 0 aliphatic rings. The molecule has 0 saturated carbocycles. The Labute approximate surface area is 209 Å². The minimum atomic E-state index is -3.59. The highest BCUT2D eigenvalue weighted by molar-refractivity contribution is 7.92. The molecule has 2 amide bonds. The number of rotatable bonds is 13. The molecule has 0 spiro atoms. The van der Waals surface area contributed by atoms with Gasteiger partial charge in [-0.1, -0.05) is 42.5 Å². The van der Waals surface area contributed by atoms with Crippen LogP contribution in [-0.4, -0.2) is 63.7 Å². The molecule has 192 valence electrons. The number of benzene rings is 2. The van der Waals surface area contributed by atoms with E-state index in [1.807, 2.05) is 44.2 Å². The molecule has 2 aromatic rings. The third-order valence-corrected chi connectivity index (χ3v) is 6.77. The Balaban J connectivity index is 2.13. The predicted molar refractivity (Wildman–Crippen MR) is 139 cm³/mol. The molecular weight excluding hydrogens is 466 g/mol. The molecule has 35 heavy (non-hydrogen) atoms. The number of amides is 2. The van der Waals surface area contributed by atoms with Crippen LogP contribution < -0.4 is 14.4 Å². The first kappa shape index (κ1) is 28.2. The SMILES string of the molecule is COc1ccccc1N(CCCC(=O)N(CCc1ccccc1)[C@@H](C)C(=O)NC(C)C)S(C)(=O)=O. The first-order chi connectivity index (χ1) is 16.5. The van der Waals surface area contributed by atoms with Crippen molar-refractivity contribution in [1.29, 1.82) is 0 Å². The van der Waals surface area contributed by atoms with Crippen LogP contribution in [0.2, 0.25) is 0 Å². The van der Waals surface area contributed by atoms with Gasteiger partial charge >= 0.3 is 0 Å². The highest BCUT2D eigenvalue weighted by atomic mass is 32.2. The van der Waals surface area contributed by atoms with Crippen LogP contribution in [0.3, 0.4) is 0 Å². The van der Waals surface area contributed by atoms with E-state index in [2.05, 4.69) is 5.32 Å². The zero-order valence-corrected chi connectivity index (χ0v) is 22.0. The van der Waals surface area contributed by atoms with Crippen LogP contribution in [0.4, 0.5) is 5.69 Å². The summed E-state index contributed by atoms with van der Waals surface area (Å²) in [4.78, 5) is 27.5. The van der Waals surface area contributed by atoms with Crippen LogP contribution in [0.25, 0.3) is 0 Å². The van der Waals surface area contributed by atoms with Gasteiger partial charge in [0.1, 0.15) is 11.8 Å². The zero-order chi connectivity index (χ0) is 26.0. The second-order valence-corrected chi connectivity index (χ2v) is 10.7. The van der Waals surface area contributed by atoms with E-state index in [1.54, 1.807) is 36.1 Å². The first-order valence-electron chi connectivity index (χ1n) is 11.8. The number of para-hydroxylation sites is 2. The van der Waals surface area contributed by atoms with E-state index >= 15 is 0 Å². The summed E-state index contributed by atoms with van der Waals surface area (Å²) in [6.45, 7) is 5.97. The Morgan fingerprint density at radius 2 is 1.60 bits per heavy atom. The number of nitrogens with one attached hydrogen (secondary N) is 1. The Morgan fingerprint density at radius 1 is 0.971 bits per heavy atom. The molecular formula is C26H37N3O5S. The number of sulfonamides is 1. The Hall–Kier alpha value is -3.07. The zero-order valence-electron chi connectivity index (χ0n) is 21.2. The second-order valence-electron chi connectivity index (χ2n) is 8.77. The van der Waals surface area contributed by atoms with Crippen LogP contribution in [0.5, 0.6) is 5.75 Å². The summed E-state index contributed by atoms with van der Waals surface area (Å²) in [5, 5.41) is 2.87. The van der Waals surface area contributed by atoms with Gasteiger partial charge in [0.2, 0.25) is 21.8 Å². The van der Waals surface area contributed by atoms with Crippen LogP contribution in [0, 0.1) is 0 Å². The standard InChI is InChI=1S/C26H37N3O5S/c1-20(2)27-26(31)21(3)28(19-17-22-12-7-6-8-13-22)25(30)16-11-18-29(35(5,32)33)23-14-9-10-15-24(23)34-4/h6-10,12-15,20-21H,11,16-19H2,1-5H3,(H,27,31)/t21-/m0/s1. The molecule has 0 bridgehead atoms. The van der Waals surface area contributed by atoms with E-state index in [1.165, 1.54) is 11.4 Å². The van der Waals surface area contributed by atoms with Crippen molar-refractivity contribution in [2.45, 2.75) is 52.1 Å². The summed E-state index contributed by atoms with van der Waals surface area (Å²) in [5.74, 6) is 0.0294. The number of anilines is 1. The van der Waals surface area contributed by atoms with Crippen molar-refractivity contribution >= 4 is 27.5 Å². The van der Waals surface area contributed by atoms with Gasteiger partial charge in [-0.3, -0.25) is 13.9 Å². The molecule has 2 aromatic carbocycles. The maximum Gasteiger partial charge on any atom is 0.242 e. The summed E-state index contributed by atoms with van der Waals surface area (Å²) in [6, 6.07) is 16.0. The number of carbonyl (C=O) groups is 2. The van der Waals surface area contributed by atoms with Gasteiger partial charge in [0, 0.05) is 25.6 Å². The molecule has 2 rings (SSSR count). The van der Waals surface area contributed by atoms with Gasteiger partial charge in [0.05, 0.1) is 19.1 Å². The van der Waals surface area contributed by atoms with Gasteiger partial charge in [-0.15, -0.1) is 0 Å². The van der Waals surface area contributed by atoms with Gasteiger partial charge in [-0.25, -0.2) is 8.42 Å². The molecule has 0 saturated heterocycles. The van der Waals surface area contributed by atoms with Crippen molar-refractivity contribution in [3.63, 3.8) is 0 Å². The van der Waals surface area contributed by atoms with Gasteiger partial charge in [-0.05, 0) is 51.3 Å². The third-order valence-electron chi connectivity index (χ3n) is 5.59. The summed E-state index contributed by atoms with van der Waals surface area (Å²) in [5.41, 5.74) is 1.50. The van der Waals surface area contributed by atoms with Crippen LogP contribution in [-0.2, 0) is 26.0 Å². The van der Waals surface area contributed by atoms with Crippen molar-refractivity contribution in [2.24, 2.45) is 0 Å². The smallest absolute Gasteiger partial charge is 0.242 e. The molecule has 1 N–H and O–H groups in total. The van der Waals surface area contributed by atoms with Gasteiger partial charge < -0.3 is 15.0 Å². The largest absolute Gasteiger partial charge is 0.495 e. The fourth-order valence-electron chi connectivity index (χ4n) is 3.79. The monoisotopic (exact) mass is 503 g/mol. The summed E-state index contributed by atoms with van der Waals surface area (Å²) in [7, 11) is -2.11. The van der Waals surface area contributed by atoms with Crippen molar-refractivity contribution in [3.05, 3.63) is 60.2 Å². The van der Waals surface area contributed by atoms with E-state index in [0.29, 0.717) is 30.8 Å². The van der Waals surface area contributed by atoms with Gasteiger partial charge in [0.15, 0.2) is 0 Å². The number of ether oxygens (including phenoxy) is 1. The summed E-state index contributed by atoms with van der Waals surface area (Å²) < 4.78 is 31.6. The van der Waals surface area contributed by atoms with E-state index in [4.69, 9.17) is 4.74 Å². The van der Waals surface area contributed by atoms with Crippen LogP contribution in [0.1, 0.15) is 39.2 Å². The van der Waals surface area contributed by atoms with Crippen molar-refractivity contribution < 1.29 is 22.7 Å². The lowest BCUT2D eigenvalue weighted by Crippen LogP contribution is -2.50. The normalized spacial score (nSPS) is 12.2. The van der Waals surface area contributed by atoms with Crippen molar-refractivity contribution in [2.75, 3.05) is 30.8 Å². The van der Waals surface area contributed by atoms with E-state index < -0.39 is 16.1 Å². The van der Waals surface area contributed by atoms with Crippen molar-refractivity contribution in [3.8, 4) is 5.75 Å². The molecule has 0 aromatic heterocycles. The van der Waals surface area contributed by atoms with Gasteiger partial charge in [0.25, 0.3) is 0 Å². The Morgan fingerprint density at radius 3 is 2.20 bits per heavy atom. The molecule has 9 heteroatoms. The maximum atomic E-state index is 13.2. The van der Waals surface area contributed by atoms with E-state index in [-0.39, 0.29) is 30.8 Å². The topological polar surface area (TPSA) is 96.0 Å². The second kappa shape index (κ2) is 13.1. The number of methoxy groups -OCH3 is 1. The average molecular weight is 504 g/mol. The molecule has 0 heterocycles. The fraction of sp³-hybridized carbons (Fsp3) is 0.462. The molecule has 0 fully saturated rings. The molecule has 0 aliphatic carbocycles. The van der Waals surface area contributed by atoms with E-state index in [0.717, 1.165) is 11.8 Å². The lowest BCUT2D eigenvalue weighted by Gasteiger charge is -2.30. The molecule has 8 nitrogen and oxygen atoms in total. The lowest BCUT2D eigenvalue weighted by molar-refractivity contribution is -0.140. The van der Waals surface area contributed by atoms with Crippen molar-refractivity contribution in [1.82, 2.24) is 10.2 Å². The number of hydrogen-bond acceptors (Lipinski definition) is 5. The van der Waals surface area contributed by atoms with E-state index in [9.17, 15) is 18.0 Å². The Kier molecular flexibility index (Phi) is 10.6. The fourth-order valence-corrected chi connectivity index (χ4v) is 4.76. The highest BCUT2D eigenvalue weighted by Gasteiger charge is 2.27. The number of hydrogen-bond donors (Lipinski definition) is 1. The van der Waals surface area contributed by atoms with Crippen LogP contribution >= 0.6 is 0 Å². The predicted octanol–water partition coefficient (Wildman–Crippen LogP) is 3.23. The lowest BCUT2D eigenvalue weighted by atomic mass is 10.1. The summed E-state index contributed by atoms with van der Waals surface area (Å²) >= 11 is 0. The molecule has 0 radical (unpaired) electrons. The number of carbonyl (C=O) groups excluding carboxylic acids is 2. The maximum absolute atomic E-state index is 13.2. The average Bonchev–Trinajstić information content (AvgIpc) is 2.81. The quantitative estimate of drug-likeness (QED) is 0.453. The minimum absolute atomic E-state index is 0.0415. The molecule has 0 unspecified atom stereocenters. The first-order valence-corrected chi connectivity index (χ1v) is 13.6. The third kappa shape index (κ3) is 8.58. The molecule has 0 aliphatic heterocycles.